The molecule has 0 saturated heterocycles. The van der Waals surface area contributed by atoms with Gasteiger partial charge in [0, 0.05) is 13.1 Å². The van der Waals surface area contributed by atoms with Gasteiger partial charge in [-0.05, 0) is 38.1 Å². The van der Waals surface area contributed by atoms with Gasteiger partial charge in [0.15, 0.2) is 29.0 Å². The normalized spacial score (nSPS) is 10.5. The Morgan fingerprint density at radius 2 is 1.74 bits per heavy atom. The first-order valence-electron chi connectivity index (χ1n) is 7.01. The van der Waals surface area contributed by atoms with Gasteiger partial charge in [-0.1, -0.05) is 0 Å². The molecule has 8 heteroatoms. The van der Waals surface area contributed by atoms with E-state index < -0.39 is 17.5 Å². The number of hydrogen-bond donors (Lipinski definition) is 1. The summed E-state index contributed by atoms with van der Waals surface area (Å²) in [5.74, 6) is -4.37. The lowest BCUT2D eigenvalue weighted by molar-refractivity contribution is 0.0766. The van der Waals surface area contributed by atoms with Crippen molar-refractivity contribution in [2.45, 2.75) is 13.8 Å². The molecule has 0 aliphatic carbocycles. The van der Waals surface area contributed by atoms with Crippen LogP contribution >= 0.6 is 0 Å². The lowest BCUT2D eigenvalue weighted by Crippen LogP contribution is -2.31. The third kappa shape index (κ3) is 3.58. The summed E-state index contributed by atoms with van der Waals surface area (Å²) in [5.41, 5.74) is -0.133. The van der Waals surface area contributed by atoms with E-state index in [9.17, 15) is 18.0 Å². The van der Waals surface area contributed by atoms with Crippen molar-refractivity contribution in [3.63, 3.8) is 0 Å². The second-order valence-corrected chi connectivity index (χ2v) is 4.63. The van der Waals surface area contributed by atoms with E-state index in [1.54, 1.807) is 4.90 Å². The number of nitrogens with zero attached hydrogens (tertiary/aromatic N) is 3. The summed E-state index contributed by atoms with van der Waals surface area (Å²) in [7, 11) is 0. The molecule has 0 fully saturated rings. The first-order chi connectivity index (χ1) is 11.0. The van der Waals surface area contributed by atoms with Crippen LogP contribution in [0.3, 0.4) is 0 Å². The smallest absolute Gasteiger partial charge is 0.274 e. The third-order valence-electron chi connectivity index (χ3n) is 3.23. The summed E-state index contributed by atoms with van der Waals surface area (Å²) in [6, 6.07) is 4.68. The van der Waals surface area contributed by atoms with Crippen LogP contribution in [-0.4, -0.2) is 34.1 Å². The second kappa shape index (κ2) is 7.08. The Hall–Kier alpha value is -2.64. The molecular formula is C15H15F3N4O. The van der Waals surface area contributed by atoms with Gasteiger partial charge in [-0.3, -0.25) is 4.79 Å². The van der Waals surface area contributed by atoms with Crippen LogP contribution in [0.25, 0.3) is 0 Å². The zero-order valence-electron chi connectivity index (χ0n) is 12.6. The molecule has 0 aliphatic rings. The lowest BCUT2D eigenvalue weighted by Gasteiger charge is -2.17. The average molecular weight is 324 g/mol. The molecule has 5 nitrogen and oxygen atoms in total. The maximum atomic E-state index is 13.6. The molecule has 23 heavy (non-hydrogen) atoms. The van der Waals surface area contributed by atoms with Crippen molar-refractivity contribution in [1.29, 1.82) is 0 Å². The van der Waals surface area contributed by atoms with Gasteiger partial charge >= 0.3 is 0 Å². The minimum Gasteiger partial charge on any atom is -0.338 e. The molecule has 2 aromatic rings. The number of carbonyl (C=O) groups is 1. The summed E-state index contributed by atoms with van der Waals surface area (Å²) < 4.78 is 39.6. The largest absolute Gasteiger partial charge is 0.338 e. The fourth-order valence-corrected chi connectivity index (χ4v) is 1.95. The number of rotatable bonds is 5. The number of aromatic nitrogens is 2. The molecule has 1 heterocycles. The van der Waals surface area contributed by atoms with E-state index >= 15 is 0 Å². The Labute approximate surface area is 131 Å². The van der Waals surface area contributed by atoms with E-state index in [-0.39, 0.29) is 23.1 Å². The molecule has 0 unspecified atom stereocenters. The van der Waals surface area contributed by atoms with Crippen molar-refractivity contribution in [3.05, 3.63) is 47.4 Å². The number of nitrogens with one attached hydrogen (secondary N) is 1. The number of carbonyl (C=O) groups excluding carboxylic acids is 1. The monoisotopic (exact) mass is 324 g/mol. The molecule has 122 valence electrons. The molecule has 0 saturated carbocycles. The molecule has 1 aromatic heterocycles. The molecule has 0 radical (unpaired) electrons. The van der Waals surface area contributed by atoms with Gasteiger partial charge in [0.25, 0.3) is 5.91 Å². The summed E-state index contributed by atoms with van der Waals surface area (Å²) >= 11 is 0. The summed E-state index contributed by atoms with van der Waals surface area (Å²) in [5, 5.41) is 10.00. The van der Waals surface area contributed by atoms with Crippen molar-refractivity contribution < 1.29 is 18.0 Å². The fourth-order valence-electron chi connectivity index (χ4n) is 1.95. The van der Waals surface area contributed by atoms with Gasteiger partial charge in [-0.15, -0.1) is 10.2 Å². The van der Waals surface area contributed by atoms with Crippen LogP contribution < -0.4 is 5.32 Å². The Morgan fingerprint density at radius 1 is 1.04 bits per heavy atom. The quantitative estimate of drug-likeness (QED) is 0.859. The highest BCUT2D eigenvalue weighted by Gasteiger charge is 2.16. The van der Waals surface area contributed by atoms with Crippen LogP contribution in [0.1, 0.15) is 24.3 Å². The molecule has 1 N–H and O–H groups in total. The molecule has 0 atom stereocenters. The Bertz CT molecular complexity index is 703. The van der Waals surface area contributed by atoms with Crippen LogP contribution in [-0.2, 0) is 0 Å². The summed E-state index contributed by atoms with van der Waals surface area (Å²) in [6.45, 7) is 4.77. The predicted octanol–water partition coefficient (Wildman–Crippen LogP) is 3.12. The first-order valence-corrected chi connectivity index (χ1v) is 7.01. The second-order valence-electron chi connectivity index (χ2n) is 4.63. The number of anilines is 2. The maximum absolute atomic E-state index is 13.6. The molecule has 1 amide bonds. The van der Waals surface area contributed by atoms with Crippen molar-refractivity contribution in [3.8, 4) is 0 Å². The number of benzene rings is 1. The molecule has 0 spiro atoms. The van der Waals surface area contributed by atoms with E-state index in [0.29, 0.717) is 13.1 Å². The van der Waals surface area contributed by atoms with Gasteiger partial charge in [-0.2, -0.15) is 0 Å². The SMILES string of the molecule is CCN(CC)C(=O)c1ccc(Nc2ccc(F)c(F)c2F)nn1. The topological polar surface area (TPSA) is 58.1 Å². The molecule has 0 aliphatic heterocycles. The molecule has 2 rings (SSSR count). The van der Waals surface area contributed by atoms with E-state index in [4.69, 9.17) is 0 Å². The molecule has 0 bridgehead atoms. The van der Waals surface area contributed by atoms with Gasteiger partial charge in [-0.25, -0.2) is 13.2 Å². The van der Waals surface area contributed by atoms with E-state index in [1.807, 2.05) is 13.8 Å². The average Bonchev–Trinajstić information content (AvgIpc) is 2.57. The minimum atomic E-state index is -1.57. The fraction of sp³-hybridized carbons (Fsp3) is 0.267. The first kappa shape index (κ1) is 16.7. The standard InChI is InChI=1S/C15H15F3N4O/c1-3-22(4-2)15(23)11-7-8-12(21-20-11)19-10-6-5-9(16)13(17)14(10)18/h5-8H,3-4H2,1-2H3,(H,19,21). The van der Waals surface area contributed by atoms with Crippen molar-refractivity contribution in [2.75, 3.05) is 18.4 Å². The van der Waals surface area contributed by atoms with Crippen LogP contribution in [0.5, 0.6) is 0 Å². The predicted molar refractivity (Wildman–Crippen MR) is 78.9 cm³/mol. The van der Waals surface area contributed by atoms with Crippen LogP contribution in [0.15, 0.2) is 24.3 Å². The van der Waals surface area contributed by atoms with Crippen LogP contribution in [0.2, 0.25) is 0 Å². The minimum absolute atomic E-state index is 0.103. The third-order valence-corrected chi connectivity index (χ3v) is 3.23. The Balaban J connectivity index is 2.18. The van der Waals surface area contributed by atoms with Gasteiger partial charge < -0.3 is 10.2 Å². The van der Waals surface area contributed by atoms with E-state index in [2.05, 4.69) is 15.5 Å². The van der Waals surface area contributed by atoms with Crippen molar-refractivity contribution in [1.82, 2.24) is 15.1 Å². The molecule has 1 aromatic carbocycles. The van der Waals surface area contributed by atoms with E-state index in [1.165, 1.54) is 12.1 Å². The Kier molecular flexibility index (Phi) is 5.15. The highest BCUT2D eigenvalue weighted by atomic mass is 19.2. The number of amides is 1. The van der Waals surface area contributed by atoms with Crippen LogP contribution in [0, 0.1) is 17.5 Å². The summed E-state index contributed by atoms with van der Waals surface area (Å²) in [4.78, 5) is 13.6. The lowest BCUT2D eigenvalue weighted by atomic mass is 10.2. The van der Waals surface area contributed by atoms with E-state index in [0.717, 1.165) is 12.1 Å². The zero-order chi connectivity index (χ0) is 17.0. The van der Waals surface area contributed by atoms with Gasteiger partial charge in [0.2, 0.25) is 0 Å². The van der Waals surface area contributed by atoms with Crippen molar-refractivity contribution in [2.24, 2.45) is 0 Å². The highest BCUT2D eigenvalue weighted by molar-refractivity contribution is 5.92. The van der Waals surface area contributed by atoms with Crippen LogP contribution in [0.4, 0.5) is 24.7 Å². The summed E-state index contributed by atoms with van der Waals surface area (Å²) in [6.07, 6.45) is 0. The molecular weight excluding hydrogens is 309 g/mol. The van der Waals surface area contributed by atoms with Gasteiger partial charge in [0.05, 0.1) is 5.69 Å². The zero-order valence-corrected chi connectivity index (χ0v) is 12.6. The van der Waals surface area contributed by atoms with Gasteiger partial charge in [0.1, 0.15) is 0 Å². The maximum Gasteiger partial charge on any atom is 0.274 e. The number of halogens is 3. The highest BCUT2D eigenvalue weighted by Crippen LogP contribution is 2.22. The number of hydrogen-bond acceptors (Lipinski definition) is 4. The van der Waals surface area contributed by atoms with Crippen molar-refractivity contribution >= 4 is 17.4 Å². The Morgan fingerprint density at radius 3 is 2.30 bits per heavy atom.